The summed E-state index contributed by atoms with van der Waals surface area (Å²) in [6.07, 6.45) is 6.88. The fraction of sp³-hybridized carbons (Fsp3) is 0.714. The van der Waals surface area contributed by atoms with Crippen LogP contribution in [0.4, 0.5) is 0 Å². The van der Waals surface area contributed by atoms with E-state index in [2.05, 4.69) is 23.7 Å². The monoisotopic (exact) mass is 235 g/mol. The van der Waals surface area contributed by atoms with Crippen LogP contribution in [0.2, 0.25) is 0 Å². The second-order valence-electron chi connectivity index (χ2n) is 5.37. The van der Waals surface area contributed by atoms with Gasteiger partial charge in [-0.1, -0.05) is 6.92 Å². The van der Waals surface area contributed by atoms with Gasteiger partial charge >= 0.3 is 0 Å². The maximum Gasteiger partial charge on any atom is 0.00829 e. The summed E-state index contributed by atoms with van der Waals surface area (Å²) in [4.78, 5) is 1.68. The van der Waals surface area contributed by atoms with Gasteiger partial charge in [0.15, 0.2) is 0 Å². The molecule has 3 rings (SSSR count). The number of hydrogen-bond acceptors (Lipinski definition) is 2. The Hall–Kier alpha value is -0.340. The van der Waals surface area contributed by atoms with E-state index in [1.54, 1.807) is 10.4 Å². The van der Waals surface area contributed by atoms with Gasteiger partial charge < -0.3 is 5.32 Å². The van der Waals surface area contributed by atoms with Crippen molar-refractivity contribution in [3.05, 3.63) is 21.9 Å². The molecule has 2 heteroatoms. The van der Waals surface area contributed by atoms with Crippen LogP contribution in [0.5, 0.6) is 0 Å². The van der Waals surface area contributed by atoms with Crippen molar-refractivity contribution < 1.29 is 0 Å². The largest absolute Gasteiger partial charge is 0.316 e. The van der Waals surface area contributed by atoms with Gasteiger partial charge in [-0.15, -0.1) is 11.3 Å². The summed E-state index contributed by atoms with van der Waals surface area (Å²) in [7, 11) is 0. The number of thiophene rings is 1. The van der Waals surface area contributed by atoms with Gasteiger partial charge in [0.05, 0.1) is 0 Å². The highest BCUT2D eigenvalue weighted by molar-refractivity contribution is 7.10. The highest BCUT2D eigenvalue weighted by Gasteiger charge is 2.56. The number of nitrogens with one attached hydrogen (secondary N) is 1. The van der Waals surface area contributed by atoms with E-state index in [-0.39, 0.29) is 0 Å². The molecule has 1 N–H and O–H groups in total. The molecule has 1 aromatic rings. The molecule has 2 aliphatic carbocycles. The van der Waals surface area contributed by atoms with E-state index in [9.17, 15) is 0 Å². The summed E-state index contributed by atoms with van der Waals surface area (Å²) >= 11 is 1.98. The van der Waals surface area contributed by atoms with E-state index < -0.39 is 0 Å². The molecule has 0 aliphatic heterocycles. The highest BCUT2D eigenvalue weighted by Crippen LogP contribution is 2.60. The Kier molecular flexibility index (Phi) is 2.80. The molecule has 1 heterocycles. The van der Waals surface area contributed by atoms with Gasteiger partial charge in [0.1, 0.15) is 0 Å². The molecule has 0 aromatic carbocycles. The first-order valence-electron chi connectivity index (χ1n) is 6.64. The van der Waals surface area contributed by atoms with Crippen LogP contribution >= 0.6 is 11.3 Å². The smallest absolute Gasteiger partial charge is 0.00829 e. The minimum Gasteiger partial charge on any atom is -0.316 e. The molecule has 1 saturated carbocycles. The fourth-order valence-electron chi connectivity index (χ4n) is 3.41. The third kappa shape index (κ3) is 1.63. The number of fused-ring (bicyclic) bond motifs is 2. The Labute approximate surface area is 102 Å². The van der Waals surface area contributed by atoms with Gasteiger partial charge in [0, 0.05) is 10.3 Å². The van der Waals surface area contributed by atoms with Crippen molar-refractivity contribution in [2.75, 3.05) is 13.1 Å². The molecule has 0 bridgehead atoms. The predicted molar refractivity (Wildman–Crippen MR) is 70.2 cm³/mol. The van der Waals surface area contributed by atoms with Crippen molar-refractivity contribution in [1.29, 1.82) is 0 Å². The average Bonchev–Trinajstić information content (AvgIpc) is 2.76. The quantitative estimate of drug-likeness (QED) is 0.789. The Balaban J connectivity index is 1.69. The van der Waals surface area contributed by atoms with Gasteiger partial charge in [-0.05, 0) is 68.1 Å². The van der Waals surface area contributed by atoms with E-state index in [0.717, 1.165) is 5.92 Å². The molecule has 2 atom stereocenters. The molecule has 0 radical (unpaired) electrons. The molecule has 1 aromatic heterocycles. The molecule has 16 heavy (non-hydrogen) atoms. The first kappa shape index (κ1) is 10.8. The zero-order chi connectivity index (χ0) is 11.0. The minimum absolute atomic E-state index is 0.605. The third-order valence-electron chi connectivity index (χ3n) is 4.36. The topological polar surface area (TPSA) is 12.0 Å². The number of hydrogen-bond donors (Lipinski definition) is 1. The zero-order valence-corrected chi connectivity index (χ0v) is 10.9. The zero-order valence-electron chi connectivity index (χ0n) is 10.1. The number of aryl methyl sites for hydroxylation is 1. The van der Waals surface area contributed by atoms with Crippen molar-refractivity contribution in [3.63, 3.8) is 0 Å². The molecule has 1 fully saturated rings. The van der Waals surface area contributed by atoms with E-state index >= 15 is 0 Å². The first-order valence-corrected chi connectivity index (χ1v) is 7.52. The van der Waals surface area contributed by atoms with Crippen LogP contribution in [0.25, 0.3) is 0 Å². The summed E-state index contributed by atoms with van der Waals surface area (Å²) in [5.41, 5.74) is 2.32. The van der Waals surface area contributed by atoms with E-state index in [0.29, 0.717) is 5.41 Å². The Morgan fingerprint density at radius 1 is 1.56 bits per heavy atom. The summed E-state index contributed by atoms with van der Waals surface area (Å²) in [5.74, 6) is 0.924. The van der Waals surface area contributed by atoms with Gasteiger partial charge in [-0.3, -0.25) is 0 Å². The van der Waals surface area contributed by atoms with Crippen molar-refractivity contribution in [1.82, 2.24) is 5.32 Å². The first-order chi connectivity index (χ1) is 7.87. The standard InChI is InChI=1S/C14H21NS/c1-2-7-15-10-11-9-14(11)6-3-4-13-12(14)5-8-16-13/h5,8,11,15H,2-4,6-7,9-10H2,1H3. The van der Waals surface area contributed by atoms with Crippen LogP contribution in [-0.2, 0) is 11.8 Å². The normalized spacial score (nSPS) is 31.7. The molecule has 0 saturated heterocycles. The Morgan fingerprint density at radius 2 is 2.50 bits per heavy atom. The molecule has 1 nitrogen and oxygen atoms in total. The summed E-state index contributed by atoms with van der Waals surface area (Å²) < 4.78 is 0. The molecule has 0 amide bonds. The van der Waals surface area contributed by atoms with E-state index in [1.165, 1.54) is 45.2 Å². The lowest BCUT2D eigenvalue weighted by molar-refractivity contribution is 0.483. The lowest BCUT2D eigenvalue weighted by Crippen LogP contribution is -2.24. The maximum absolute atomic E-state index is 3.59. The van der Waals surface area contributed by atoms with Gasteiger partial charge in [0.2, 0.25) is 0 Å². The summed E-state index contributed by atoms with van der Waals surface area (Å²) in [5, 5.41) is 5.89. The fourth-order valence-corrected chi connectivity index (χ4v) is 4.44. The maximum atomic E-state index is 3.59. The van der Waals surface area contributed by atoms with Crippen LogP contribution < -0.4 is 5.32 Å². The second kappa shape index (κ2) is 4.15. The SMILES string of the molecule is CCCNCC1CC12CCCc1sccc12. The van der Waals surface area contributed by atoms with Crippen LogP contribution in [-0.4, -0.2) is 13.1 Å². The molecule has 2 unspecified atom stereocenters. The number of rotatable bonds is 4. The van der Waals surface area contributed by atoms with Crippen molar-refractivity contribution >= 4 is 11.3 Å². The van der Waals surface area contributed by atoms with Crippen molar-refractivity contribution in [2.45, 2.75) is 44.4 Å². The minimum atomic E-state index is 0.605. The highest BCUT2D eigenvalue weighted by atomic mass is 32.1. The molecular formula is C14H21NS. The van der Waals surface area contributed by atoms with Gasteiger partial charge in [-0.2, -0.15) is 0 Å². The van der Waals surface area contributed by atoms with Gasteiger partial charge in [-0.25, -0.2) is 0 Å². The molecule has 88 valence electrons. The lowest BCUT2D eigenvalue weighted by Gasteiger charge is -2.23. The predicted octanol–water partition coefficient (Wildman–Crippen LogP) is 3.34. The Bertz CT molecular complexity index is 371. The molecular weight excluding hydrogens is 214 g/mol. The third-order valence-corrected chi connectivity index (χ3v) is 5.34. The molecule has 1 spiro atoms. The molecule has 2 aliphatic rings. The lowest BCUT2D eigenvalue weighted by atomic mass is 9.83. The van der Waals surface area contributed by atoms with E-state index in [4.69, 9.17) is 0 Å². The summed E-state index contributed by atoms with van der Waals surface area (Å²) in [6.45, 7) is 4.67. The van der Waals surface area contributed by atoms with Crippen LogP contribution in [0.1, 0.15) is 43.0 Å². The van der Waals surface area contributed by atoms with Gasteiger partial charge in [0.25, 0.3) is 0 Å². The van der Waals surface area contributed by atoms with E-state index in [1.807, 2.05) is 11.3 Å². The average molecular weight is 235 g/mol. The van der Waals surface area contributed by atoms with Crippen LogP contribution in [0.15, 0.2) is 11.4 Å². The summed E-state index contributed by atoms with van der Waals surface area (Å²) in [6, 6.07) is 2.40. The van der Waals surface area contributed by atoms with Crippen LogP contribution in [0.3, 0.4) is 0 Å². The van der Waals surface area contributed by atoms with Crippen molar-refractivity contribution in [3.8, 4) is 0 Å². The van der Waals surface area contributed by atoms with Crippen molar-refractivity contribution in [2.24, 2.45) is 5.92 Å². The second-order valence-corrected chi connectivity index (χ2v) is 6.37. The Morgan fingerprint density at radius 3 is 3.38 bits per heavy atom. The van der Waals surface area contributed by atoms with Crippen LogP contribution in [0, 0.1) is 5.92 Å².